The molecule has 1 aromatic heterocycles. The van der Waals surface area contributed by atoms with Crippen molar-refractivity contribution in [3.8, 4) is 0 Å². The lowest BCUT2D eigenvalue weighted by molar-refractivity contribution is 0.242. The van der Waals surface area contributed by atoms with Gasteiger partial charge in [-0.15, -0.1) is 0 Å². The zero-order valence-corrected chi connectivity index (χ0v) is 9.70. The van der Waals surface area contributed by atoms with Crippen molar-refractivity contribution in [2.24, 2.45) is 0 Å². The molecule has 8 heteroatoms. The van der Waals surface area contributed by atoms with E-state index in [1.54, 1.807) is 0 Å². The highest BCUT2D eigenvalue weighted by atomic mass is 32.2. The maximum absolute atomic E-state index is 11.3. The summed E-state index contributed by atoms with van der Waals surface area (Å²) in [5.41, 5.74) is 0. The Morgan fingerprint density at radius 1 is 1.44 bits per heavy atom. The molecule has 0 saturated carbocycles. The van der Waals surface area contributed by atoms with Crippen LogP contribution in [0.25, 0.3) is 0 Å². The van der Waals surface area contributed by atoms with Gasteiger partial charge in [0, 0.05) is 25.5 Å². The molecule has 0 spiro atoms. The van der Waals surface area contributed by atoms with Crippen LogP contribution in [0, 0.1) is 0 Å². The Labute approximate surface area is 93.9 Å². The molecule has 1 amide bonds. The van der Waals surface area contributed by atoms with E-state index in [4.69, 9.17) is 0 Å². The minimum Gasteiger partial charge on any atom is -0.337 e. The van der Waals surface area contributed by atoms with E-state index >= 15 is 0 Å². The summed E-state index contributed by atoms with van der Waals surface area (Å²) >= 11 is 0. The van der Waals surface area contributed by atoms with E-state index in [2.05, 4.69) is 15.0 Å². The fourth-order valence-electron chi connectivity index (χ4n) is 1.01. The quantitative estimate of drug-likeness (QED) is 0.677. The Bertz CT molecular complexity index is 426. The predicted octanol–water partition coefficient (Wildman–Crippen LogP) is -0.620. The molecule has 0 saturated heterocycles. The van der Waals surface area contributed by atoms with E-state index in [1.807, 2.05) is 0 Å². The first-order chi connectivity index (χ1) is 7.49. The zero-order valence-electron chi connectivity index (χ0n) is 8.88. The van der Waals surface area contributed by atoms with Crippen LogP contribution in [-0.4, -0.2) is 43.3 Å². The van der Waals surface area contributed by atoms with Gasteiger partial charge in [0.15, 0.2) is 0 Å². The van der Waals surface area contributed by atoms with Gasteiger partial charge in [-0.05, 0) is 6.42 Å². The van der Waals surface area contributed by atoms with Gasteiger partial charge in [-0.25, -0.2) is 22.9 Å². The molecule has 1 heterocycles. The number of imidazole rings is 1. The molecular formula is C8H14N4O3S. The maximum Gasteiger partial charge on any atom is 0.326 e. The summed E-state index contributed by atoms with van der Waals surface area (Å²) in [7, 11) is -3.15. The van der Waals surface area contributed by atoms with Gasteiger partial charge in [-0.3, -0.25) is 4.57 Å². The minimum absolute atomic E-state index is 0.281. The van der Waals surface area contributed by atoms with Crippen LogP contribution in [0.3, 0.4) is 0 Å². The van der Waals surface area contributed by atoms with Gasteiger partial charge in [0.2, 0.25) is 10.0 Å². The Morgan fingerprint density at radius 2 is 2.19 bits per heavy atom. The molecule has 0 aliphatic heterocycles. The molecule has 0 aliphatic rings. The molecule has 0 atom stereocenters. The molecule has 0 unspecified atom stereocenters. The summed E-state index contributed by atoms with van der Waals surface area (Å²) in [6.07, 6.45) is 6.06. The maximum atomic E-state index is 11.3. The molecule has 90 valence electrons. The number of rotatable bonds is 5. The van der Waals surface area contributed by atoms with E-state index in [-0.39, 0.29) is 6.03 Å². The van der Waals surface area contributed by atoms with Crippen LogP contribution >= 0.6 is 0 Å². The summed E-state index contributed by atoms with van der Waals surface area (Å²) in [5.74, 6) is 0. The summed E-state index contributed by atoms with van der Waals surface area (Å²) in [4.78, 5) is 15.1. The molecule has 1 rings (SSSR count). The first kappa shape index (κ1) is 12.7. The van der Waals surface area contributed by atoms with Crippen molar-refractivity contribution in [2.75, 3.05) is 19.3 Å². The second-order valence-electron chi connectivity index (χ2n) is 3.22. The Kier molecular flexibility index (Phi) is 4.44. The van der Waals surface area contributed by atoms with Crippen molar-refractivity contribution < 1.29 is 13.2 Å². The van der Waals surface area contributed by atoms with Crippen LogP contribution in [0.1, 0.15) is 6.42 Å². The summed E-state index contributed by atoms with van der Waals surface area (Å²) < 4.78 is 25.1. The number of carbonyl (C=O) groups excluding carboxylic acids is 1. The van der Waals surface area contributed by atoms with Gasteiger partial charge in [-0.1, -0.05) is 0 Å². The van der Waals surface area contributed by atoms with Crippen molar-refractivity contribution in [2.45, 2.75) is 6.42 Å². The van der Waals surface area contributed by atoms with Gasteiger partial charge < -0.3 is 5.32 Å². The molecule has 2 N–H and O–H groups in total. The SMILES string of the molecule is CS(=O)(=O)NCCCNC(=O)n1ccnc1. The Morgan fingerprint density at radius 3 is 2.75 bits per heavy atom. The van der Waals surface area contributed by atoms with Gasteiger partial charge in [0.1, 0.15) is 6.33 Å². The molecule has 0 fully saturated rings. The fraction of sp³-hybridized carbons (Fsp3) is 0.500. The van der Waals surface area contributed by atoms with Gasteiger partial charge in [0.05, 0.1) is 6.26 Å². The van der Waals surface area contributed by atoms with E-state index < -0.39 is 10.0 Å². The van der Waals surface area contributed by atoms with Crippen LogP contribution in [0.5, 0.6) is 0 Å². The van der Waals surface area contributed by atoms with Gasteiger partial charge >= 0.3 is 6.03 Å². The van der Waals surface area contributed by atoms with Crippen LogP contribution in [0.4, 0.5) is 4.79 Å². The average Bonchev–Trinajstić information content (AvgIpc) is 2.67. The molecule has 0 bridgehead atoms. The smallest absolute Gasteiger partial charge is 0.326 e. The van der Waals surface area contributed by atoms with Crippen molar-refractivity contribution in [3.63, 3.8) is 0 Å². The summed E-state index contributed by atoms with van der Waals surface area (Å²) in [5, 5.41) is 2.62. The van der Waals surface area contributed by atoms with E-state index in [0.29, 0.717) is 19.5 Å². The van der Waals surface area contributed by atoms with E-state index in [1.165, 1.54) is 23.3 Å². The first-order valence-electron chi connectivity index (χ1n) is 4.70. The number of hydrogen-bond donors (Lipinski definition) is 2. The zero-order chi connectivity index (χ0) is 12.0. The number of carbonyl (C=O) groups is 1. The van der Waals surface area contributed by atoms with E-state index in [9.17, 15) is 13.2 Å². The molecule has 0 aromatic carbocycles. The summed E-state index contributed by atoms with van der Waals surface area (Å²) in [6.45, 7) is 0.711. The highest BCUT2D eigenvalue weighted by Gasteiger charge is 2.02. The van der Waals surface area contributed by atoms with Crippen LogP contribution in [0.2, 0.25) is 0 Å². The molecule has 0 aliphatic carbocycles. The van der Waals surface area contributed by atoms with Crippen molar-refractivity contribution >= 4 is 16.1 Å². The normalized spacial score (nSPS) is 11.3. The van der Waals surface area contributed by atoms with Crippen LogP contribution in [-0.2, 0) is 10.0 Å². The lowest BCUT2D eigenvalue weighted by Crippen LogP contribution is -2.31. The van der Waals surface area contributed by atoms with Crippen molar-refractivity contribution in [1.82, 2.24) is 19.6 Å². The number of aromatic nitrogens is 2. The molecule has 0 radical (unpaired) electrons. The van der Waals surface area contributed by atoms with Crippen LogP contribution in [0.15, 0.2) is 18.7 Å². The van der Waals surface area contributed by atoms with Crippen LogP contribution < -0.4 is 10.0 Å². The first-order valence-corrected chi connectivity index (χ1v) is 6.59. The highest BCUT2D eigenvalue weighted by molar-refractivity contribution is 7.88. The summed E-state index contributed by atoms with van der Waals surface area (Å²) in [6, 6.07) is -0.281. The molecule has 1 aromatic rings. The second-order valence-corrected chi connectivity index (χ2v) is 5.05. The lowest BCUT2D eigenvalue weighted by atomic mass is 10.4. The number of amides is 1. The van der Waals surface area contributed by atoms with E-state index in [0.717, 1.165) is 6.26 Å². The van der Waals surface area contributed by atoms with Crippen molar-refractivity contribution in [3.05, 3.63) is 18.7 Å². The highest BCUT2D eigenvalue weighted by Crippen LogP contribution is 1.85. The lowest BCUT2D eigenvalue weighted by Gasteiger charge is -2.05. The number of hydrogen-bond acceptors (Lipinski definition) is 4. The molecule has 7 nitrogen and oxygen atoms in total. The third-order valence-corrected chi connectivity index (χ3v) is 2.46. The average molecular weight is 246 g/mol. The Balaban J connectivity index is 2.15. The van der Waals surface area contributed by atoms with Gasteiger partial charge in [-0.2, -0.15) is 0 Å². The third kappa shape index (κ3) is 4.89. The standard InChI is InChI=1S/C8H14N4O3S/c1-16(14,15)11-4-2-3-10-8(13)12-6-5-9-7-12/h5-7,11H,2-4H2,1H3,(H,10,13). The second kappa shape index (κ2) is 5.61. The molecular weight excluding hydrogens is 232 g/mol. The topological polar surface area (TPSA) is 93.1 Å². The van der Waals surface area contributed by atoms with Crippen molar-refractivity contribution in [1.29, 1.82) is 0 Å². The monoisotopic (exact) mass is 246 g/mol. The predicted molar refractivity (Wildman–Crippen MR) is 58.5 cm³/mol. The minimum atomic E-state index is -3.15. The number of sulfonamides is 1. The number of nitrogens with zero attached hydrogens (tertiary/aromatic N) is 2. The van der Waals surface area contributed by atoms with Gasteiger partial charge in [0.25, 0.3) is 0 Å². The third-order valence-electron chi connectivity index (χ3n) is 1.73. The number of nitrogens with one attached hydrogen (secondary N) is 2. The Hall–Kier alpha value is -1.41. The molecule has 16 heavy (non-hydrogen) atoms. The largest absolute Gasteiger partial charge is 0.337 e. The fourth-order valence-corrected chi connectivity index (χ4v) is 1.53.